The molecule has 0 radical (unpaired) electrons. The third-order valence-electron chi connectivity index (χ3n) is 2.85. The van der Waals surface area contributed by atoms with Gasteiger partial charge >= 0.3 is 5.69 Å². The minimum Gasteiger partial charge on any atom is -0.309 e. The number of hydrogen-bond donors (Lipinski definition) is 1. The zero-order chi connectivity index (χ0) is 15.4. The van der Waals surface area contributed by atoms with E-state index in [1.54, 1.807) is 18.2 Å². The number of rotatable bonds is 5. The van der Waals surface area contributed by atoms with Crippen molar-refractivity contribution in [2.24, 2.45) is 0 Å². The van der Waals surface area contributed by atoms with Gasteiger partial charge in [-0.25, -0.2) is 4.39 Å². The highest BCUT2D eigenvalue weighted by Crippen LogP contribution is 2.21. The molecule has 0 saturated carbocycles. The van der Waals surface area contributed by atoms with E-state index in [9.17, 15) is 18.9 Å². The second-order valence-electron chi connectivity index (χ2n) is 4.39. The van der Waals surface area contributed by atoms with Crippen LogP contribution in [0, 0.1) is 21.7 Å². The van der Waals surface area contributed by atoms with Gasteiger partial charge in [0.05, 0.1) is 4.92 Å². The van der Waals surface area contributed by atoms with Gasteiger partial charge in [0.15, 0.2) is 0 Å². The highest BCUT2D eigenvalue weighted by molar-refractivity contribution is 6.30. The molecule has 0 bridgehead atoms. The summed E-state index contributed by atoms with van der Waals surface area (Å²) in [5.74, 6) is -2.01. The molecule has 21 heavy (non-hydrogen) atoms. The van der Waals surface area contributed by atoms with E-state index in [4.69, 9.17) is 11.6 Å². The van der Waals surface area contributed by atoms with Gasteiger partial charge in [-0.15, -0.1) is 0 Å². The summed E-state index contributed by atoms with van der Waals surface area (Å²) >= 11 is 5.83. The summed E-state index contributed by atoms with van der Waals surface area (Å²) in [4.78, 5) is 9.75. The van der Waals surface area contributed by atoms with Crippen LogP contribution in [0.5, 0.6) is 0 Å². The lowest BCUT2D eigenvalue weighted by atomic mass is 10.1. The second-order valence-corrected chi connectivity index (χ2v) is 4.82. The zero-order valence-electron chi connectivity index (χ0n) is 10.8. The molecule has 4 nitrogen and oxygen atoms in total. The van der Waals surface area contributed by atoms with Crippen molar-refractivity contribution in [3.05, 3.63) is 74.3 Å². The number of nitro benzene ring substituents is 1. The first-order valence-electron chi connectivity index (χ1n) is 6.05. The van der Waals surface area contributed by atoms with Crippen LogP contribution in [0.1, 0.15) is 11.1 Å². The van der Waals surface area contributed by atoms with E-state index in [1.165, 1.54) is 0 Å². The van der Waals surface area contributed by atoms with E-state index in [0.717, 1.165) is 11.6 Å². The Bertz CT molecular complexity index is 680. The number of benzene rings is 2. The topological polar surface area (TPSA) is 55.2 Å². The predicted molar refractivity (Wildman–Crippen MR) is 75.0 cm³/mol. The summed E-state index contributed by atoms with van der Waals surface area (Å²) in [6.45, 7) is 0.449. The highest BCUT2D eigenvalue weighted by atomic mass is 35.5. The van der Waals surface area contributed by atoms with Crippen LogP contribution in [0.4, 0.5) is 14.5 Å². The molecule has 0 aliphatic heterocycles. The van der Waals surface area contributed by atoms with E-state index in [2.05, 4.69) is 5.32 Å². The lowest BCUT2D eigenvalue weighted by Gasteiger charge is -2.07. The largest absolute Gasteiger partial charge is 0.309 e. The number of nitrogens with zero attached hydrogens (tertiary/aromatic N) is 1. The Morgan fingerprint density at radius 3 is 2.57 bits per heavy atom. The summed E-state index contributed by atoms with van der Waals surface area (Å²) in [6, 6.07) is 8.52. The van der Waals surface area contributed by atoms with Crippen LogP contribution in [0.3, 0.4) is 0 Å². The maximum Gasteiger partial charge on any atom is 0.305 e. The molecule has 0 fully saturated rings. The first kappa shape index (κ1) is 15.3. The average Bonchev–Trinajstić information content (AvgIpc) is 2.41. The zero-order valence-corrected chi connectivity index (χ0v) is 11.5. The summed E-state index contributed by atoms with van der Waals surface area (Å²) < 4.78 is 26.8. The fourth-order valence-corrected chi connectivity index (χ4v) is 2.06. The van der Waals surface area contributed by atoms with Gasteiger partial charge in [-0.05, 0) is 17.7 Å². The molecule has 0 aliphatic rings. The van der Waals surface area contributed by atoms with Gasteiger partial charge in [-0.2, -0.15) is 4.39 Å². The van der Waals surface area contributed by atoms with E-state index < -0.39 is 22.2 Å². The Morgan fingerprint density at radius 2 is 1.90 bits per heavy atom. The lowest BCUT2D eigenvalue weighted by Crippen LogP contribution is -2.14. The summed E-state index contributed by atoms with van der Waals surface area (Å²) in [7, 11) is 0. The molecule has 2 aromatic carbocycles. The number of nitro groups is 1. The van der Waals surface area contributed by atoms with Crippen molar-refractivity contribution in [3.8, 4) is 0 Å². The molecule has 0 saturated heterocycles. The monoisotopic (exact) mass is 312 g/mol. The predicted octanol–water partition coefficient (Wildman–Crippen LogP) is 3.82. The molecule has 0 spiro atoms. The van der Waals surface area contributed by atoms with Gasteiger partial charge in [0.25, 0.3) is 0 Å². The number of hydrogen-bond acceptors (Lipinski definition) is 3. The average molecular weight is 313 g/mol. The lowest BCUT2D eigenvalue weighted by molar-refractivity contribution is -0.387. The molecule has 2 aromatic rings. The van der Waals surface area contributed by atoms with Gasteiger partial charge in [-0.3, -0.25) is 10.1 Å². The SMILES string of the molecule is O=[N+]([O-])c1cc(CNCc2cccc(Cl)c2)c(F)cc1F. The molecule has 0 aromatic heterocycles. The van der Waals surface area contributed by atoms with Crippen LogP contribution in [0.15, 0.2) is 36.4 Å². The molecule has 7 heteroatoms. The van der Waals surface area contributed by atoms with Crippen molar-refractivity contribution in [1.82, 2.24) is 5.32 Å². The molecule has 0 heterocycles. The number of nitrogens with one attached hydrogen (secondary N) is 1. The molecule has 110 valence electrons. The summed E-state index contributed by atoms with van der Waals surface area (Å²) in [5.41, 5.74) is 0.181. The van der Waals surface area contributed by atoms with Crippen LogP contribution < -0.4 is 5.32 Å². The Labute approximate surface area is 124 Å². The van der Waals surface area contributed by atoms with Crippen molar-refractivity contribution >= 4 is 17.3 Å². The van der Waals surface area contributed by atoms with Crippen LogP contribution >= 0.6 is 11.6 Å². The van der Waals surface area contributed by atoms with Gasteiger partial charge in [0.2, 0.25) is 5.82 Å². The van der Waals surface area contributed by atoms with E-state index in [1.807, 2.05) is 6.07 Å². The van der Waals surface area contributed by atoms with Crippen molar-refractivity contribution in [2.45, 2.75) is 13.1 Å². The van der Waals surface area contributed by atoms with Gasteiger partial charge in [-0.1, -0.05) is 23.7 Å². The van der Waals surface area contributed by atoms with Crippen LogP contribution in [-0.4, -0.2) is 4.92 Å². The third-order valence-corrected chi connectivity index (χ3v) is 3.08. The minimum atomic E-state index is -1.18. The first-order valence-corrected chi connectivity index (χ1v) is 6.42. The Kier molecular flexibility index (Phi) is 4.82. The first-order chi connectivity index (χ1) is 9.97. The Balaban J connectivity index is 2.06. The fourth-order valence-electron chi connectivity index (χ4n) is 1.84. The quantitative estimate of drug-likeness (QED) is 0.674. The molecule has 0 atom stereocenters. The summed E-state index contributed by atoms with van der Waals surface area (Å²) in [5, 5.41) is 14.1. The highest BCUT2D eigenvalue weighted by Gasteiger charge is 2.18. The normalized spacial score (nSPS) is 10.6. The van der Waals surface area contributed by atoms with E-state index in [0.29, 0.717) is 17.6 Å². The van der Waals surface area contributed by atoms with Crippen LogP contribution in [-0.2, 0) is 13.1 Å². The van der Waals surface area contributed by atoms with Gasteiger partial charge in [0, 0.05) is 35.8 Å². The molecule has 0 aliphatic carbocycles. The molecule has 0 unspecified atom stereocenters. The van der Waals surface area contributed by atoms with Gasteiger partial charge < -0.3 is 5.32 Å². The smallest absolute Gasteiger partial charge is 0.305 e. The van der Waals surface area contributed by atoms with E-state index >= 15 is 0 Å². The van der Waals surface area contributed by atoms with Crippen molar-refractivity contribution in [2.75, 3.05) is 0 Å². The maximum atomic E-state index is 13.6. The molecule has 0 amide bonds. The number of halogens is 3. The van der Waals surface area contributed by atoms with Crippen LogP contribution in [0.2, 0.25) is 5.02 Å². The van der Waals surface area contributed by atoms with Crippen molar-refractivity contribution in [1.29, 1.82) is 0 Å². The van der Waals surface area contributed by atoms with Crippen LogP contribution in [0.25, 0.3) is 0 Å². The van der Waals surface area contributed by atoms with Gasteiger partial charge in [0.1, 0.15) is 5.82 Å². The van der Waals surface area contributed by atoms with E-state index in [-0.39, 0.29) is 12.1 Å². The third kappa shape index (κ3) is 3.96. The molecular formula is C14H11ClF2N2O2. The van der Waals surface area contributed by atoms with Crippen molar-refractivity contribution < 1.29 is 13.7 Å². The standard InChI is InChI=1S/C14H11ClF2N2O2/c15-11-3-1-2-9(4-11)7-18-8-10-5-14(19(20)21)13(17)6-12(10)16/h1-6,18H,7-8H2. The maximum absolute atomic E-state index is 13.6. The second kappa shape index (κ2) is 6.60. The molecule has 1 N–H and O–H groups in total. The van der Waals surface area contributed by atoms with Crippen molar-refractivity contribution in [3.63, 3.8) is 0 Å². The summed E-state index contributed by atoms with van der Waals surface area (Å²) in [6.07, 6.45) is 0. The Hall–Kier alpha value is -2.05. The fraction of sp³-hybridized carbons (Fsp3) is 0.143. The Morgan fingerprint density at radius 1 is 1.14 bits per heavy atom. The molecule has 2 rings (SSSR count). The molecular weight excluding hydrogens is 302 g/mol. The minimum absolute atomic E-state index is 0.0325.